The molecule has 1 fully saturated rings. The van der Waals surface area contributed by atoms with Crippen molar-refractivity contribution in [2.45, 2.75) is 30.6 Å². The first-order valence-electron chi connectivity index (χ1n) is 10.4. The average Bonchev–Trinajstić information content (AvgIpc) is 3.53. The third-order valence-electron chi connectivity index (χ3n) is 5.35. The second-order valence-electron chi connectivity index (χ2n) is 8.08. The summed E-state index contributed by atoms with van der Waals surface area (Å²) in [4.78, 5) is 17.3. The number of fused-ring (bicyclic) bond motifs is 1. The summed E-state index contributed by atoms with van der Waals surface area (Å²) in [7, 11) is -3.92. The fraction of sp³-hybridized carbons (Fsp3) is 0.167. The van der Waals surface area contributed by atoms with Crippen LogP contribution in [0.5, 0.6) is 0 Å². The Balaban J connectivity index is 1.39. The van der Waals surface area contributed by atoms with Gasteiger partial charge in [-0.1, -0.05) is 23.7 Å². The van der Waals surface area contributed by atoms with E-state index >= 15 is 0 Å². The molecule has 1 saturated carbocycles. The van der Waals surface area contributed by atoms with Crippen LogP contribution in [0, 0.1) is 6.92 Å². The number of benzene rings is 3. The Labute approximate surface area is 195 Å². The van der Waals surface area contributed by atoms with Crippen molar-refractivity contribution in [3.63, 3.8) is 0 Å². The molecule has 7 nitrogen and oxygen atoms in total. The molecule has 9 heteroatoms. The van der Waals surface area contributed by atoms with Crippen LogP contribution >= 0.6 is 11.6 Å². The molecule has 3 aromatic carbocycles. The zero-order valence-electron chi connectivity index (χ0n) is 17.6. The first-order chi connectivity index (χ1) is 15.8. The highest BCUT2D eigenvalue weighted by Gasteiger charge is 2.29. The van der Waals surface area contributed by atoms with E-state index in [1.165, 1.54) is 18.2 Å². The van der Waals surface area contributed by atoms with Crippen LogP contribution in [0.25, 0.3) is 11.1 Å². The Kier molecular flexibility index (Phi) is 5.34. The van der Waals surface area contributed by atoms with Crippen molar-refractivity contribution in [3.05, 3.63) is 82.7 Å². The Morgan fingerprint density at radius 2 is 1.88 bits per heavy atom. The molecule has 168 valence electrons. The lowest BCUT2D eigenvalue weighted by Gasteiger charge is -2.11. The fourth-order valence-electron chi connectivity index (χ4n) is 3.49. The zero-order chi connectivity index (χ0) is 23.2. The van der Waals surface area contributed by atoms with Crippen LogP contribution < -0.4 is 10.0 Å². The van der Waals surface area contributed by atoms with Gasteiger partial charge in [-0.15, -0.1) is 0 Å². The summed E-state index contributed by atoms with van der Waals surface area (Å²) in [5, 5.41) is 2.90. The monoisotopic (exact) mass is 481 g/mol. The molecule has 0 spiro atoms. The number of sulfonamides is 1. The molecule has 0 bridgehead atoms. The third kappa shape index (κ3) is 4.58. The Morgan fingerprint density at radius 3 is 2.64 bits per heavy atom. The SMILES string of the molecule is Cc1cccc(NS(=O)(=O)c2ccc(Cl)c(C(=O)Nc3ccc4oc(C5CC5)nc4c3)c2)c1. The lowest BCUT2D eigenvalue weighted by atomic mass is 10.2. The normalized spacial score (nSPS) is 13.8. The van der Waals surface area contributed by atoms with Crippen LogP contribution in [0.15, 0.2) is 70.0 Å². The van der Waals surface area contributed by atoms with Gasteiger partial charge in [0, 0.05) is 17.3 Å². The van der Waals surface area contributed by atoms with Crippen molar-refractivity contribution in [2.75, 3.05) is 10.0 Å². The highest BCUT2D eigenvalue weighted by Crippen LogP contribution is 2.40. The number of carbonyl (C=O) groups is 1. The molecule has 0 radical (unpaired) electrons. The average molecular weight is 482 g/mol. The van der Waals surface area contributed by atoms with Crippen molar-refractivity contribution in [2.24, 2.45) is 0 Å². The van der Waals surface area contributed by atoms with Gasteiger partial charge in [-0.2, -0.15) is 0 Å². The molecule has 1 aliphatic rings. The van der Waals surface area contributed by atoms with E-state index < -0.39 is 15.9 Å². The summed E-state index contributed by atoms with van der Waals surface area (Å²) in [6, 6.07) is 16.2. The first kappa shape index (κ1) is 21.5. The minimum absolute atomic E-state index is 0.0442. The summed E-state index contributed by atoms with van der Waals surface area (Å²) < 4.78 is 34.0. The van der Waals surface area contributed by atoms with Gasteiger partial charge in [0.1, 0.15) is 5.52 Å². The number of carbonyl (C=O) groups excluding carboxylic acids is 1. The van der Waals surface area contributed by atoms with E-state index in [2.05, 4.69) is 15.0 Å². The lowest BCUT2D eigenvalue weighted by molar-refractivity contribution is 0.102. The molecule has 0 saturated heterocycles. The summed E-state index contributed by atoms with van der Waals surface area (Å²) in [5.41, 5.74) is 3.21. The summed E-state index contributed by atoms with van der Waals surface area (Å²) >= 11 is 6.23. The second kappa shape index (κ2) is 8.20. The van der Waals surface area contributed by atoms with E-state index in [1.807, 2.05) is 13.0 Å². The summed E-state index contributed by atoms with van der Waals surface area (Å²) in [6.45, 7) is 1.87. The van der Waals surface area contributed by atoms with Gasteiger partial charge in [0.2, 0.25) is 0 Å². The Morgan fingerprint density at radius 1 is 1.06 bits per heavy atom. The standard InChI is InChI=1S/C24H20ClN3O4S/c1-14-3-2-4-17(11-14)28-33(30,31)18-8-9-20(25)19(13-18)23(29)26-16-7-10-22-21(12-16)27-24(32-22)15-5-6-15/h2-4,7-13,15,28H,5-6H2,1H3,(H,26,29). The fourth-order valence-corrected chi connectivity index (χ4v) is 4.77. The van der Waals surface area contributed by atoms with Crippen molar-refractivity contribution in [3.8, 4) is 0 Å². The van der Waals surface area contributed by atoms with Gasteiger partial charge in [-0.05, 0) is 73.9 Å². The minimum atomic E-state index is -3.92. The number of amides is 1. The number of halogens is 1. The van der Waals surface area contributed by atoms with Gasteiger partial charge in [0.05, 0.1) is 15.5 Å². The Hall–Kier alpha value is -3.36. The quantitative estimate of drug-likeness (QED) is 0.366. The summed E-state index contributed by atoms with van der Waals surface area (Å²) in [5.74, 6) is 0.570. The molecule has 0 atom stereocenters. The largest absolute Gasteiger partial charge is 0.440 e. The van der Waals surface area contributed by atoms with E-state index in [4.69, 9.17) is 16.0 Å². The summed E-state index contributed by atoms with van der Waals surface area (Å²) in [6.07, 6.45) is 2.15. The number of nitrogens with zero attached hydrogens (tertiary/aromatic N) is 1. The van der Waals surface area contributed by atoms with Gasteiger partial charge in [0.15, 0.2) is 11.5 Å². The first-order valence-corrected chi connectivity index (χ1v) is 12.3. The van der Waals surface area contributed by atoms with Crippen LogP contribution in [0.4, 0.5) is 11.4 Å². The predicted molar refractivity (Wildman–Crippen MR) is 127 cm³/mol. The smallest absolute Gasteiger partial charge is 0.261 e. The zero-order valence-corrected chi connectivity index (χ0v) is 19.2. The highest BCUT2D eigenvalue weighted by molar-refractivity contribution is 7.92. The van der Waals surface area contributed by atoms with Crippen LogP contribution in [-0.2, 0) is 10.0 Å². The molecule has 1 aliphatic carbocycles. The number of rotatable bonds is 6. The molecule has 0 aliphatic heterocycles. The number of hydrogen-bond donors (Lipinski definition) is 2. The molecule has 1 heterocycles. The molecule has 2 N–H and O–H groups in total. The molecule has 1 aromatic heterocycles. The van der Waals surface area contributed by atoms with Crippen molar-refractivity contribution in [1.82, 2.24) is 4.98 Å². The van der Waals surface area contributed by atoms with Crippen molar-refractivity contribution in [1.29, 1.82) is 0 Å². The van der Waals surface area contributed by atoms with Gasteiger partial charge in [0.25, 0.3) is 15.9 Å². The van der Waals surface area contributed by atoms with Crippen LogP contribution in [0.2, 0.25) is 5.02 Å². The van der Waals surface area contributed by atoms with Gasteiger partial charge in [-0.25, -0.2) is 13.4 Å². The van der Waals surface area contributed by atoms with E-state index in [1.54, 1.807) is 36.4 Å². The van der Waals surface area contributed by atoms with Gasteiger partial charge < -0.3 is 9.73 Å². The molecular formula is C24H20ClN3O4S. The third-order valence-corrected chi connectivity index (χ3v) is 7.06. The number of anilines is 2. The topological polar surface area (TPSA) is 101 Å². The van der Waals surface area contributed by atoms with E-state index in [-0.39, 0.29) is 15.5 Å². The maximum Gasteiger partial charge on any atom is 0.261 e. The van der Waals surface area contributed by atoms with Gasteiger partial charge >= 0.3 is 0 Å². The van der Waals surface area contributed by atoms with Crippen LogP contribution in [0.3, 0.4) is 0 Å². The Bertz CT molecular complexity index is 1490. The van der Waals surface area contributed by atoms with E-state index in [9.17, 15) is 13.2 Å². The predicted octanol–water partition coefficient (Wildman–Crippen LogP) is 5.72. The minimum Gasteiger partial charge on any atom is -0.440 e. The lowest BCUT2D eigenvalue weighted by Crippen LogP contribution is -2.16. The van der Waals surface area contributed by atoms with Crippen molar-refractivity contribution >= 4 is 50.0 Å². The highest BCUT2D eigenvalue weighted by atomic mass is 35.5. The van der Waals surface area contributed by atoms with E-state index in [0.29, 0.717) is 28.4 Å². The van der Waals surface area contributed by atoms with Crippen LogP contribution in [0.1, 0.15) is 40.6 Å². The maximum absolute atomic E-state index is 12.9. The number of aromatic nitrogens is 1. The molecule has 1 amide bonds. The van der Waals surface area contributed by atoms with Crippen LogP contribution in [-0.4, -0.2) is 19.3 Å². The number of oxazole rings is 1. The number of aryl methyl sites for hydroxylation is 1. The van der Waals surface area contributed by atoms with Gasteiger partial charge in [-0.3, -0.25) is 9.52 Å². The number of nitrogens with one attached hydrogen (secondary N) is 2. The molecule has 0 unspecified atom stereocenters. The second-order valence-corrected chi connectivity index (χ2v) is 10.2. The van der Waals surface area contributed by atoms with E-state index in [0.717, 1.165) is 24.3 Å². The molecule has 33 heavy (non-hydrogen) atoms. The van der Waals surface area contributed by atoms with Crippen molar-refractivity contribution < 1.29 is 17.6 Å². The maximum atomic E-state index is 12.9. The number of hydrogen-bond acceptors (Lipinski definition) is 5. The molecule has 4 aromatic rings. The molecule has 5 rings (SSSR count). The molecular weight excluding hydrogens is 462 g/mol.